The van der Waals surface area contributed by atoms with E-state index >= 15 is 0 Å². The van der Waals surface area contributed by atoms with Gasteiger partial charge in [0.1, 0.15) is 5.75 Å². The molecule has 1 aromatic heterocycles. The van der Waals surface area contributed by atoms with Gasteiger partial charge < -0.3 is 10.4 Å². The number of carbonyl (C=O) groups is 1. The molecule has 2 aromatic rings. The number of aromatic hydroxyl groups is 1. The summed E-state index contributed by atoms with van der Waals surface area (Å²) in [4.78, 5) is 15.9. The Morgan fingerprint density at radius 2 is 2.11 bits per heavy atom. The van der Waals surface area contributed by atoms with Gasteiger partial charge in [0, 0.05) is 24.9 Å². The fraction of sp³-hybridized carbons (Fsp3) is 0.200. The molecular formula is C15H16N2O2. The van der Waals surface area contributed by atoms with Gasteiger partial charge in [-0.3, -0.25) is 9.78 Å². The van der Waals surface area contributed by atoms with Gasteiger partial charge >= 0.3 is 0 Å². The number of nitrogens with one attached hydrogen (secondary N) is 1. The van der Waals surface area contributed by atoms with Crippen LogP contribution in [-0.2, 0) is 17.6 Å². The van der Waals surface area contributed by atoms with Crippen LogP contribution in [0.2, 0.25) is 0 Å². The first-order valence-corrected chi connectivity index (χ1v) is 6.18. The van der Waals surface area contributed by atoms with E-state index in [2.05, 4.69) is 10.3 Å². The molecule has 2 rings (SSSR count). The number of pyridine rings is 1. The van der Waals surface area contributed by atoms with Gasteiger partial charge in [-0.25, -0.2) is 0 Å². The van der Waals surface area contributed by atoms with Crippen molar-refractivity contribution in [3.05, 3.63) is 59.9 Å². The maximum atomic E-state index is 11.7. The van der Waals surface area contributed by atoms with E-state index in [1.54, 1.807) is 24.4 Å². The highest BCUT2D eigenvalue weighted by Gasteiger charge is 2.03. The van der Waals surface area contributed by atoms with Crippen molar-refractivity contribution in [3.63, 3.8) is 0 Å². The van der Waals surface area contributed by atoms with E-state index in [4.69, 9.17) is 0 Å². The van der Waals surface area contributed by atoms with Gasteiger partial charge in [0.05, 0.1) is 6.42 Å². The van der Waals surface area contributed by atoms with Crippen molar-refractivity contribution in [1.29, 1.82) is 0 Å². The molecule has 0 atom stereocenters. The minimum absolute atomic E-state index is 0.0541. The van der Waals surface area contributed by atoms with Gasteiger partial charge in [-0.1, -0.05) is 18.2 Å². The zero-order valence-electron chi connectivity index (χ0n) is 10.5. The summed E-state index contributed by atoms with van der Waals surface area (Å²) < 4.78 is 0. The first kappa shape index (κ1) is 13.1. The number of carbonyl (C=O) groups excluding carboxylic acids is 1. The van der Waals surface area contributed by atoms with E-state index in [0.29, 0.717) is 13.0 Å². The van der Waals surface area contributed by atoms with E-state index in [1.165, 1.54) is 0 Å². The molecule has 2 N–H and O–H groups in total. The first-order chi connectivity index (χ1) is 9.24. The maximum absolute atomic E-state index is 11.7. The number of phenols is 1. The number of phenolic OH excluding ortho intramolecular Hbond substituents is 1. The van der Waals surface area contributed by atoms with Crippen molar-refractivity contribution in [2.45, 2.75) is 12.8 Å². The van der Waals surface area contributed by atoms with Crippen molar-refractivity contribution in [2.75, 3.05) is 6.54 Å². The molecular weight excluding hydrogens is 240 g/mol. The Bertz CT molecular complexity index is 541. The lowest BCUT2D eigenvalue weighted by Gasteiger charge is -2.05. The number of hydrogen-bond donors (Lipinski definition) is 2. The first-order valence-electron chi connectivity index (χ1n) is 6.18. The Morgan fingerprint density at radius 3 is 2.84 bits per heavy atom. The summed E-state index contributed by atoms with van der Waals surface area (Å²) >= 11 is 0. The maximum Gasteiger partial charge on any atom is 0.224 e. The highest BCUT2D eigenvalue weighted by atomic mass is 16.3. The fourth-order valence-electron chi connectivity index (χ4n) is 1.79. The molecule has 0 bridgehead atoms. The molecule has 0 aliphatic rings. The Labute approximate surface area is 112 Å². The third kappa shape index (κ3) is 4.43. The molecule has 0 aliphatic heterocycles. The highest BCUT2D eigenvalue weighted by Crippen LogP contribution is 2.11. The van der Waals surface area contributed by atoms with Crippen LogP contribution in [0.5, 0.6) is 5.75 Å². The topological polar surface area (TPSA) is 62.2 Å². The molecule has 0 saturated heterocycles. The van der Waals surface area contributed by atoms with Gasteiger partial charge in [0.25, 0.3) is 0 Å². The molecule has 4 heteroatoms. The molecule has 0 unspecified atom stereocenters. The Balaban J connectivity index is 1.76. The van der Waals surface area contributed by atoms with Crippen molar-refractivity contribution < 1.29 is 9.90 Å². The third-order valence-corrected chi connectivity index (χ3v) is 2.70. The van der Waals surface area contributed by atoms with Crippen LogP contribution in [-0.4, -0.2) is 22.5 Å². The highest BCUT2D eigenvalue weighted by molar-refractivity contribution is 5.78. The second-order valence-corrected chi connectivity index (χ2v) is 4.27. The lowest BCUT2D eigenvalue weighted by Crippen LogP contribution is -2.27. The van der Waals surface area contributed by atoms with Crippen LogP contribution in [0.4, 0.5) is 0 Å². The predicted molar refractivity (Wildman–Crippen MR) is 72.8 cm³/mol. The average molecular weight is 256 g/mol. The number of amides is 1. The molecule has 1 heterocycles. The summed E-state index contributed by atoms with van der Waals surface area (Å²) in [6, 6.07) is 12.5. The quantitative estimate of drug-likeness (QED) is 0.855. The van der Waals surface area contributed by atoms with E-state index < -0.39 is 0 Å². The number of hydrogen-bond acceptors (Lipinski definition) is 3. The summed E-state index contributed by atoms with van der Waals surface area (Å²) in [5.74, 6) is 0.125. The predicted octanol–water partition coefficient (Wildman–Crippen LogP) is 1.69. The van der Waals surface area contributed by atoms with Gasteiger partial charge in [0.15, 0.2) is 0 Å². The second kappa shape index (κ2) is 6.54. The zero-order chi connectivity index (χ0) is 13.5. The Hall–Kier alpha value is -2.36. The smallest absolute Gasteiger partial charge is 0.224 e. The van der Waals surface area contributed by atoms with Gasteiger partial charge in [-0.15, -0.1) is 0 Å². The van der Waals surface area contributed by atoms with Crippen LogP contribution in [0.1, 0.15) is 11.3 Å². The lowest BCUT2D eigenvalue weighted by molar-refractivity contribution is -0.120. The van der Waals surface area contributed by atoms with Crippen LogP contribution >= 0.6 is 0 Å². The lowest BCUT2D eigenvalue weighted by atomic mass is 10.1. The molecule has 0 fully saturated rings. The van der Waals surface area contributed by atoms with Crippen LogP contribution in [0.3, 0.4) is 0 Å². The summed E-state index contributed by atoms with van der Waals surface area (Å²) in [6.07, 6.45) is 2.73. The van der Waals surface area contributed by atoms with E-state index in [9.17, 15) is 9.90 Å². The van der Waals surface area contributed by atoms with Gasteiger partial charge in [0.2, 0.25) is 5.91 Å². The fourth-order valence-corrected chi connectivity index (χ4v) is 1.79. The molecule has 1 amide bonds. The normalized spacial score (nSPS) is 10.1. The summed E-state index contributed by atoms with van der Waals surface area (Å²) in [6.45, 7) is 0.564. The molecule has 98 valence electrons. The van der Waals surface area contributed by atoms with Crippen LogP contribution in [0.25, 0.3) is 0 Å². The van der Waals surface area contributed by atoms with Crippen molar-refractivity contribution in [1.82, 2.24) is 10.3 Å². The standard InChI is InChI=1S/C15H16N2O2/c18-14-6-3-4-12(10-14)11-15(19)17-9-7-13-5-1-2-8-16-13/h1-6,8,10,18H,7,9,11H2,(H,17,19). The van der Waals surface area contributed by atoms with Crippen LogP contribution in [0.15, 0.2) is 48.7 Å². The number of nitrogens with zero attached hydrogens (tertiary/aromatic N) is 1. The largest absolute Gasteiger partial charge is 0.508 e. The van der Waals surface area contributed by atoms with Crippen LogP contribution < -0.4 is 5.32 Å². The zero-order valence-corrected chi connectivity index (χ0v) is 10.5. The second-order valence-electron chi connectivity index (χ2n) is 4.27. The third-order valence-electron chi connectivity index (χ3n) is 2.70. The number of aromatic nitrogens is 1. The number of rotatable bonds is 5. The van der Waals surface area contributed by atoms with Gasteiger partial charge in [-0.05, 0) is 29.8 Å². The molecule has 0 spiro atoms. The Kier molecular flexibility index (Phi) is 4.50. The summed E-state index contributed by atoms with van der Waals surface area (Å²) in [5, 5.41) is 12.1. The summed E-state index contributed by atoms with van der Waals surface area (Å²) in [7, 11) is 0. The molecule has 4 nitrogen and oxygen atoms in total. The molecule has 0 radical (unpaired) electrons. The van der Waals surface area contributed by atoms with Gasteiger partial charge in [-0.2, -0.15) is 0 Å². The molecule has 19 heavy (non-hydrogen) atoms. The van der Waals surface area contributed by atoms with Crippen molar-refractivity contribution in [2.24, 2.45) is 0 Å². The minimum atomic E-state index is -0.0541. The van der Waals surface area contributed by atoms with E-state index in [-0.39, 0.29) is 18.1 Å². The van der Waals surface area contributed by atoms with Crippen molar-refractivity contribution in [3.8, 4) is 5.75 Å². The monoisotopic (exact) mass is 256 g/mol. The Morgan fingerprint density at radius 1 is 1.21 bits per heavy atom. The average Bonchev–Trinajstić information content (AvgIpc) is 2.40. The SMILES string of the molecule is O=C(Cc1cccc(O)c1)NCCc1ccccn1. The molecule has 0 aliphatic carbocycles. The number of benzene rings is 1. The molecule has 1 aromatic carbocycles. The summed E-state index contributed by atoms with van der Waals surface area (Å²) in [5.41, 5.74) is 1.76. The minimum Gasteiger partial charge on any atom is -0.508 e. The van der Waals surface area contributed by atoms with Crippen molar-refractivity contribution >= 4 is 5.91 Å². The molecule has 0 saturated carbocycles. The van der Waals surface area contributed by atoms with E-state index in [1.807, 2.05) is 24.3 Å². The van der Waals surface area contributed by atoms with E-state index in [0.717, 1.165) is 11.3 Å². The van der Waals surface area contributed by atoms with Crippen LogP contribution in [0, 0.1) is 0 Å².